The second kappa shape index (κ2) is 6.26. The number of rotatable bonds is 3. The first kappa shape index (κ1) is 15.3. The minimum Gasteiger partial charge on any atom is -0.496 e. The average molecular weight is 327 g/mol. The molecule has 1 N–H and O–H groups in total. The van der Waals surface area contributed by atoms with Gasteiger partial charge in [-0.2, -0.15) is 0 Å². The number of hydrogen-bond donors (Lipinski definition) is 1. The van der Waals surface area contributed by atoms with E-state index >= 15 is 0 Å². The zero-order chi connectivity index (χ0) is 16.4. The quantitative estimate of drug-likeness (QED) is 0.792. The summed E-state index contributed by atoms with van der Waals surface area (Å²) in [5.41, 5.74) is 2.32. The molecule has 0 saturated heterocycles. The number of ether oxygens (including phenoxy) is 1. The van der Waals surface area contributed by atoms with Gasteiger partial charge in [0.1, 0.15) is 5.75 Å². The molecule has 0 aliphatic rings. The van der Waals surface area contributed by atoms with Crippen molar-refractivity contribution in [1.82, 2.24) is 9.97 Å². The van der Waals surface area contributed by atoms with E-state index in [2.05, 4.69) is 9.97 Å². The Morgan fingerprint density at radius 2 is 2.04 bits per heavy atom. The van der Waals surface area contributed by atoms with Gasteiger partial charge in [0.05, 0.1) is 23.0 Å². The number of H-pyrrole nitrogens is 1. The topological polar surface area (TPSA) is 55.0 Å². The van der Waals surface area contributed by atoms with Crippen molar-refractivity contribution in [3.05, 3.63) is 69.8 Å². The number of fused-ring (bicyclic) bond motifs is 1. The highest BCUT2D eigenvalue weighted by molar-refractivity contribution is 6.50. The third-order valence-electron chi connectivity index (χ3n) is 3.55. The molecule has 0 bridgehead atoms. The lowest BCUT2D eigenvalue weighted by Gasteiger charge is -2.06. The van der Waals surface area contributed by atoms with Gasteiger partial charge in [0.2, 0.25) is 0 Å². The van der Waals surface area contributed by atoms with Gasteiger partial charge in [-0.25, -0.2) is 4.98 Å². The van der Waals surface area contributed by atoms with Crippen LogP contribution in [0.25, 0.3) is 22.0 Å². The van der Waals surface area contributed by atoms with Crippen LogP contribution >= 0.6 is 11.6 Å². The minimum absolute atomic E-state index is 0.205. The third kappa shape index (κ3) is 3.12. The molecule has 0 unspecified atom stereocenters. The van der Waals surface area contributed by atoms with Crippen LogP contribution in [0.15, 0.2) is 47.3 Å². The first-order valence-corrected chi connectivity index (χ1v) is 7.47. The molecule has 0 fully saturated rings. The molecule has 0 atom stereocenters. The number of nitrogens with one attached hydrogen (secondary N) is 1. The lowest BCUT2D eigenvalue weighted by Crippen LogP contribution is -2.10. The molecular weight excluding hydrogens is 312 g/mol. The molecule has 2 aromatic carbocycles. The molecular formula is C18H15ClN2O2. The molecule has 0 spiro atoms. The second-order valence-corrected chi connectivity index (χ2v) is 5.56. The number of hydrogen-bond acceptors (Lipinski definition) is 3. The summed E-state index contributed by atoms with van der Waals surface area (Å²) in [6, 6.07) is 12.9. The fraction of sp³-hybridized carbons (Fsp3) is 0.111. The third-order valence-corrected chi connectivity index (χ3v) is 3.84. The summed E-state index contributed by atoms with van der Waals surface area (Å²) >= 11 is 6.34. The second-order valence-electron chi connectivity index (χ2n) is 5.15. The van der Waals surface area contributed by atoms with E-state index in [1.165, 1.54) is 0 Å². The predicted molar refractivity (Wildman–Crippen MR) is 93.8 cm³/mol. The Balaban J connectivity index is 2.04. The number of aromatic nitrogens is 2. The molecule has 0 amide bonds. The van der Waals surface area contributed by atoms with Gasteiger partial charge >= 0.3 is 0 Å². The van der Waals surface area contributed by atoms with Gasteiger partial charge in [-0.05, 0) is 48.4 Å². The monoisotopic (exact) mass is 326 g/mol. The van der Waals surface area contributed by atoms with Crippen LogP contribution in [0.5, 0.6) is 5.75 Å². The molecule has 3 rings (SSSR count). The molecule has 4 nitrogen and oxygen atoms in total. The van der Waals surface area contributed by atoms with Crippen molar-refractivity contribution in [3.8, 4) is 5.75 Å². The maximum absolute atomic E-state index is 12.1. The predicted octanol–water partition coefficient (Wildman–Crippen LogP) is 3.98. The zero-order valence-electron chi connectivity index (χ0n) is 12.8. The summed E-state index contributed by atoms with van der Waals surface area (Å²) < 4.78 is 5.24. The molecule has 0 aliphatic carbocycles. The number of aromatic amines is 1. The first-order chi connectivity index (χ1) is 11.1. The Morgan fingerprint density at radius 1 is 1.26 bits per heavy atom. The maximum atomic E-state index is 12.1. The number of para-hydroxylation sites is 1. The molecule has 1 heterocycles. The van der Waals surface area contributed by atoms with Crippen molar-refractivity contribution in [2.24, 2.45) is 0 Å². The van der Waals surface area contributed by atoms with Crippen molar-refractivity contribution in [1.29, 1.82) is 0 Å². The summed E-state index contributed by atoms with van der Waals surface area (Å²) in [6.07, 6.45) is 1.76. The molecule has 23 heavy (non-hydrogen) atoms. The normalized spacial score (nSPS) is 11.7. The molecule has 116 valence electrons. The van der Waals surface area contributed by atoms with Crippen LogP contribution < -0.4 is 10.3 Å². The number of benzene rings is 2. The van der Waals surface area contributed by atoms with E-state index in [-0.39, 0.29) is 5.56 Å². The van der Waals surface area contributed by atoms with Crippen molar-refractivity contribution in [2.45, 2.75) is 6.92 Å². The first-order valence-electron chi connectivity index (χ1n) is 7.10. The standard InChI is InChI=1S/C18H15ClN2O2/c1-11-9-12(7-8-16(11)23-2)10-14(19)17-20-15-6-4-3-5-13(15)18(22)21-17/h3-10H,1-2H3,(H,20,21,22). The van der Waals surface area contributed by atoms with Gasteiger partial charge < -0.3 is 9.72 Å². The highest BCUT2D eigenvalue weighted by Gasteiger charge is 2.07. The molecule has 0 aliphatic heterocycles. The lowest BCUT2D eigenvalue weighted by atomic mass is 10.1. The summed E-state index contributed by atoms with van der Waals surface area (Å²) in [4.78, 5) is 19.2. The van der Waals surface area contributed by atoms with Gasteiger partial charge in [-0.15, -0.1) is 0 Å². The summed E-state index contributed by atoms with van der Waals surface area (Å²) in [5.74, 6) is 1.17. The summed E-state index contributed by atoms with van der Waals surface area (Å²) in [6.45, 7) is 1.96. The van der Waals surface area contributed by atoms with E-state index < -0.39 is 0 Å². The smallest absolute Gasteiger partial charge is 0.259 e. The Morgan fingerprint density at radius 3 is 2.78 bits per heavy atom. The van der Waals surface area contributed by atoms with Crippen molar-refractivity contribution >= 4 is 33.6 Å². The van der Waals surface area contributed by atoms with Crippen molar-refractivity contribution < 1.29 is 4.74 Å². The Labute approximate surface area is 138 Å². The van der Waals surface area contributed by atoms with Crippen molar-refractivity contribution in [2.75, 3.05) is 7.11 Å². The molecule has 3 aromatic rings. The minimum atomic E-state index is -0.205. The maximum Gasteiger partial charge on any atom is 0.259 e. The van der Waals surface area contributed by atoms with E-state index in [9.17, 15) is 4.79 Å². The fourth-order valence-electron chi connectivity index (χ4n) is 2.41. The van der Waals surface area contributed by atoms with Crippen LogP contribution in [0.4, 0.5) is 0 Å². The van der Waals surface area contributed by atoms with E-state index in [0.29, 0.717) is 21.8 Å². The summed E-state index contributed by atoms with van der Waals surface area (Å²) in [7, 11) is 1.63. The van der Waals surface area contributed by atoms with Crippen LogP contribution in [-0.4, -0.2) is 17.1 Å². The zero-order valence-corrected chi connectivity index (χ0v) is 13.5. The lowest BCUT2D eigenvalue weighted by molar-refractivity contribution is 0.411. The van der Waals surface area contributed by atoms with Gasteiger partial charge in [-0.3, -0.25) is 4.79 Å². The number of halogens is 1. The van der Waals surface area contributed by atoms with E-state index in [1.807, 2.05) is 31.2 Å². The van der Waals surface area contributed by atoms with E-state index in [4.69, 9.17) is 16.3 Å². The Kier molecular flexibility index (Phi) is 4.17. The van der Waals surface area contributed by atoms with Gasteiger partial charge in [0.25, 0.3) is 5.56 Å². The number of aryl methyl sites for hydroxylation is 1. The molecule has 0 radical (unpaired) electrons. The van der Waals surface area contributed by atoms with Gasteiger partial charge in [0.15, 0.2) is 5.82 Å². The van der Waals surface area contributed by atoms with Crippen LogP contribution in [0, 0.1) is 6.92 Å². The van der Waals surface area contributed by atoms with Crippen LogP contribution in [0.3, 0.4) is 0 Å². The summed E-state index contributed by atoms with van der Waals surface area (Å²) in [5, 5.41) is 0.915. The van der Waals surface area contributed by atoms with Crippen LogP contribution in [-0.2, 0) is 0 Å². The number of methoxy groups -OCH3 is 1. The largest absolute Gasteiger partial charge is 0.496 e. The van der Waals surface area contributed by atoms with Crippen LogP contribution in [0.1, 0.15) is 17.0 Å². The van der Waals surface area contributed by atoms with Crippen LogP contribution in [0.2, 0.25) is 0 Å². The van der Waals surface area contributed by atoms with E-state index in [1.54, 1.807) is 31.4 Å². The van der Waals surface area contributed by atoms with Crippen molar-refractivity contribution in [3.63, 3.8) is 0 Å². The Hall–Kier alpha value is -2.59. The van der Waals surface area contributed by atoms with Gasteiger partial charge in [0, 0.05) is 0 Å². The average Bonchev–Trinajstić information content (AvgIpc) is 2.55. The Bertz CT molecular complexity index is 961. The molecule has 5 heteroatoms. The highest BCUT2D eigenvalue weighted by Crippen LogP contribution is 2.23. The van der Waals surface area contributed by atoms with Gasteiger partial charge in [-0.1, -0.05) is 29.8 Å². The molecule has 1 aromatic heterocycles. The van der Waals surface area contributed by atoms with E-state index in [0.717, 1.165) is 16.9 Å². The highest BCUT2D eigenvalue weighted by atomic mass is 35.5. The molecule has 0 saturated carbocycles. The fourth-order valence-corrected chi connectivity index (χ4v) is 2.62. The SMILES string of the molecule is COc1ccc(C=C(Cl)c2nc3ccccc3c(=O)[nH]2)cc1C. The number of nitrogens with zero attached hydrogens (tertiary/aromatic N) is 1.